The third-order valence-electron chi connectivity index (χ3n) is 6.33. The van der Waals surface area contributed by atoms with E-state index in [1.165, 1.54) is 6.07 Å². The number of nitrogens with zero attached hydrogens (tertiary/aromatic N) is 5. The number of Topliss-reactive ketones (excluding diaryl/α,β-unsaturated/α-hetero) is 1. The fourth-order valence-corrected chi connectivity index (χ4v) is 4.27. The van der Waals surface area contributed by atoms with Crippen LogP contribution in [0.25, 0.3) is 22.2 Å². The van der Waals surface area contributed by atoms with Gasteiger partial charge in [0, 0.05) is 31.0 Å². The summed E-state index contributed by atoms with van der Waals surface area (Å²) in [6, 6.07) is 6.67. The van der Waals surface area contributed by atoms with Gasteiger partial charge in [0.2, 0.25) is 29.8 Å². The van der Waals surface area contributed by atoms with Crippen molar-refractivity contribution in [1.82, 2.24) is 30.2 Å². The average molecular weight is 507 g/mol. The first kappa shape index (κ1) is 24.5. The molecule has 1 aromatic carbocycles. The quantitative estimate of drug-likeness (QED) is 0.282. The van der Waals surface area contributed by atoms with Crippen LogP contribution in [-0.2, 0) is 16.6 Å². The largest absolute Gasteiger partial charge is 0.471 e. The number of carbonyl (C=O) groups excluding carboxylic acids is 2. The SMILES string of the molecule is CC(C)(C)c1nc(C(=O)CCc2ccc(-c3ccnc4[nH]nc(O[C@@H]5CCN(C=O)C5)c34)cc2F)no1. The van der Waals surface area contributed by atoms with Crippen LogP contribution in [0.2, 0.25) is 0 Å². The topological polar surface area (TPSA) is 127 Å². The number of aromatic amines is 1. The van der Waals surface area contributed by atoms with Crippen molar-refractivity contribution in [3.63, 3.8) is 0 Å². The number of aromatic nitrogens is 5. The number of H-pyrrole nitrogens is 1. The van der Waals surface area contributed by atoms with Crippen molar-refractivity contribution < 1.29 is 23.2 Å². The normalized spacial score (nSPS) is 15.9. The van der Waals surface area contributed by atoms with Gasteiger partial charge in [0.05, 0.1) is 11.9 Å². The molecule has 1 fully saturated rings. The molecule has 192 valence electrons. The number of hydrogen-bond acceptors (Lipinski definition) is 8. The van der Waals surface area contributed by atoms with E-state index in [0.717, 1.165) is 6.41 Å². The summed E-state index contributed by atoms with van der Waals surface area (Å²) < 4.78 is 26.4. The number of pyridine rings is 1. The number of ketones is 1. The molecule has 4 heterocycles. The maximum atomic E-state index is 15.1. The average Bonchev–Trinajstić information content (AvgIpc) is 3.63. The molecule has 0 saturated carbocycles. The summed E-state index contributed by atoms with van der Waals surface area (Å²) in [5.41, 5.74) is 1.90. The molecule has 5 rings (SSSR count). The van der Waals surface area contributed by atoms with E-state index in [0.29, 0.717) is 59.0 Å². The van der Waals surface area contributed by atoms with Crippen LogP contribution in [0.15, 0.2) is 35.0 Å². The standard InChI is InChI=1S/C26H27FN6O4/c1-26(2,3)25-29-22(32-37-25)20(35)7-6-15-4-5-16(12-19(15)27)18-8-10-28-23-21(18)24(31-30-23)36-17-9-11-33(13-17)14-34/h4-5,8,10,12,14,17H,6-7,9,11,13H2,1-3H3,(H,28,30,31)/t17-/m1/s1. The molecule has 1 aliphatic heterocycles. The lowest BCUT2D eigenvalue weighted by Gasteiger charge is -2.13. The Morgan fingerprint density at radius 3 is 2.86 bits per heavy atom. The van der Waals surface area contributed by atoms with Crippen LogP contribution in [-0.4, -0.2) is 61.6 Å². The van der Waals surface area contributed by atoms with Gasteiger partial charge in [0.25, 0.3) is 0 Å². The summed E-state index contributed by atoms with van der Waals surface area (Å²) in [7, 11) is 0. The minimum absolute atomic E-state index is 0.00661. The summed E-state index contributed by atoms with van der Waals surface area (Å²) in [5.74, 6) is 0.0143. The Balaban J connectivity index is 1.33. The van der Waals surface area contributed by atoms with Crippen LogP contribution in [0.4, 0.5) is 4.39 Å². The lowest BCUT2D eigenvalue weighted by molar-refractivity contribution is -0.117. The Morgan fingerprint density at radius 1 is 1.32 bits per heavy atom. The van der Waals surface area contributed by atoms with Crippen molar-refractivity contribution in [1.29, 1.82) is 0 Å². The monoisotopic (exact) mass is 506 g/mol. The van der Waals surface area contributed by atoms with E-state index in [-0.39, 0.29) is 36.0 Å². The number of carbonyl (C=O) groups is 2. The van der Waals surface area contributed by atoms with Crippen molar-refractivity contribution in [2.24, 2.45) is 0 Å². The Kier molecular flexibility index (Phi) is 6.45. The highest BCUT2D eigenvalue weighted by atomic mass is 19.1. The molecule has 1 aliphatic rings. The molecule has 0 spiro atoms. The van der Waals surface area contributed by atoms with Crippen LogP contribution in [0.1, 0.15) is 55.7 Å². The van der Waals surface area contributed by atoms with Crippen LogP contribution in [0.3, 0.4) is 0 Å². The van der Waals surface area contributed by atoms with Crippen LogP contribution < -0.4 is 4.74 Å². The van der Waals surface area contributed by atoms with Crippen LogP contribution >= 0.6 is 0 Å². The number of benzene rings is 1. The second-order valence-corrected chi connectivity index (χ2v) is 10.1. The van der Waals surface area contributed by atoms with Gasteiger partial charge in [-0.15, -0.1) is 5.10 Å². The molecule has 1 amide bonds. The Bertz CT molecular complexity index is 1460. The zero-order valence-electron chi connectivity index (χ0n) is 20.8. The zero-order valence-corrected chi connectivity index (χ0v) is 20.8. The summed E-state index contributed by atoms with van der Waals surface area (Å²) >= 11 is 0. The molecule has 1 saturated heterocycles. The van der Waals surface area contributed by atoms with E-state index in [9.17, 15) is 9.59 Å². The lowest BCUT2D eigenvalue weighted by Crippen LogP contribution is -2.23. The first-order valence-corrected chi connectivity index (χ1v) is 12.1. The number of aryl methyl sites for hydroxylation is 1. The molecule has 11 heteroatoms. The lowest BCUT2D eigenvalue weighted by atomic mass is 9.97. The molecule has 37 heavy (non-hydrogen) atoms. The van der Waals surface area contributed by atoms with Crippen molar-refractivity contribution in [3.8, 4) is 17.0 Å². The van der Waals surface area contributed by atoms with E-state index in [1.807, 2.05) is 20.8 Å². The number of halogens is 1. The van der Waals surface area contributed by atoms with Gasteiger partial charge in [-0.2, -0.15) is 4.98 Å². The van der Waals surface area contributed by atoms with Gasteiger partial charge in [-0.25, -0.2) is 9.37 Å². The Hall–Kier alpha value is -4.15. The molecule has 0 aliphatic carbocycles. The number of fused-ring (bicyclic) bond motifs is 1. The first-order chi connectivity index (χ1) is 17.7. The van der Waals surface area contributed by atoms with Gasteiger partial charge in [-0.3, -0.25) is 14.7 Å². The summed E-state index contributed by atoms with van der Waals surface area (Å²) in [6.07, 6.45) is 3.20. The second kappa shape index (κ2) is 9.72. The fraction of sp³-hybridized carbons (Fsp3) is 0.385. The van der Waals surface area contributed by atoms with E-state index in [1.54, 1.807) is 29.3 Å². The minimum atomic E-state index is -0.429. The van der Waals surface area contributed by atoms with E-state index < -0.39 is 5.82 Å². The van der Waals surface area contributed by atoms with Gasteiger partial charge in [-0.1, -0.05) is 38.1 Å². The summed E-state index contributed by atoms with van der Waals surface area (Å²) in [5, 5.41) is 11.5. The number of hydrogen-bond donors (Lipinski definition) is 1. The van der Waals surface area contributed by atoms with Crippen molar-refractivity contribution >= 4 is 23.2 Å². The van der Waals surface area contributed by atoms with Gasteiger partial charge >= 0.3 is 0 Å². The third kappa shape index (κ3) is 5.07. The van der Waals surface area contributed by atoms with Crippen molar-refractivity contribution in [2.75, 3.05) is 13.1 Å². The number of ether oxygens (including phenoxy) is 1. The number of rotatable bonds is 8. The molecule has 0 unspecified atom stereocenters. The van der Waals surface area contributed by atoms with E-state index >= 15 is 4.39 Å². The molecular weight excluding hydrogens is 479 g/mol. The maximum absolute atomic E-state index is 15.1. The fourth-order valence-electron chi connectivity index (χ4n) is 4.27. The highest BCUT2D eigenvalue weighted by Gasteiger charge is 2.26. The second-order valence-electron chi connectivity index (χ2n) is 10.1. The van der Waals surface area contributed by atoms with Crippen molar-refractivity contribution in [3.05, 3.63) is 53.6 Å². The predicted molar refractivity (Wildman–Crippen MR) is 132 cm³/mol. The van der Waals surface area contributed by atoms with E-state index in [2.05, 4.69) is 25.3 Å². The highest BCUT2D eigenvalue weighted by Crippen LogP contribution is 2.34. The Labute approximate surface area is 212 Å². The molecule has 3 aromatic heterocycles. The van der Waals surface area contributed by atoms with Crippen LogP contribution in [0.5, 0.6) is 5.88 Å². The summed E-state index contributed by atoms with van der Waals surface area (Å²) in [4.78, 5) is 33.7. The molecule has 0 bridgehead atoms. The maximum Gasteiger partial charge on any atom is 0.243 e. The third-order valence-corrected chi connectivity index (χ3v) is 6.33. The van der Waals surface area contributed by atoms with Gasteiger partial charge in [0.15, 0.2) is 5.65 Å². The highest BCUT2D eigenvalue weighted by molar-refractivity contribution is 5.96. The van der Waals surface area contributed by atoms with Gasteiger partial charge < -0.3 is 14.2 Å². The number of amides is 1. The number of likely N-dealkylation sites (tertiary alicyclic amines) is 1. The predicted octanol–water partition coefficient (Wildman–Crippen LogP) is 3.87. The minimum Gasteiger partial charge on any atom is -0.471 e. The molecule has 1 N–H and O–H groups in total. The van der Waals surface area contributed by atoms with Gasteiger partial charge in [-0.05, 0) is 35.2 Å². The van der Waals surface area contributed by atoms with Crippen molar-refractivity contribution in [2.45, 2.75) is 51.6 Å². The van der Waals surface area contributed by atoms with Crippen LogP contribution in [0, 0.1) is 5.82 Å². The Morgan fingerprint density at radius 2 is 2.16 bits per heavy atom. The molecule has 10 nitrogen and oxygen atoms in total. The first-order valence-electron chi connectivity index (χ1n) is 12.1. The molecular formula is C26H27FN6O4. The molecule has 1 atom stereocenters. The molecule has 0 radical (unpaired) electrons. The summed E-state index contributed by atoms with van der Waals surface area (Å²) in [6.45, 7) is 6.85. The van der Waals surface area contributed by atoms with Gasteiger partial charge in [0.1, 0.15) is 11.9 Å². The number of nitrogens with one attached hydrogen (secondary N) is 1. The van der Waals surface area contributed by atoms with E-state index in [4.69, 9.17) is 9.26 Å². The zero-order chi connectivity index (χ0) is 26.2. The molecule has 4 aromatic rings. The smallest absolute Gasteiger partial charge is 0.243 e.